The molecule has 0 aliphatic carbocycles. The highest BCUT2D eigenvalue weighted by molar-refractivity contribution is 6.32. The van der Waals surface area contributed by atoms with Crippen molar-refractivity contribution in [2.24, 2.45) is 0 Å². The average molecular weight is 227 g/mol. The molecule has 1 atom stereocenters. The van der Waals surface area contributed by atoms with Crippen molar-refractivity contribution in [3.05, 3.63) is 34.3 Å². The van der Waals surface area contributed by atoms with Gasteiger partial charge in [0.15, 0.2) is 0 Å². The molecule has 0 radical (unpaired) electrons. The zero-order valence-corrected chi connectivity index (χ0v) is 10.6. The first-order chi connectivity index (χ1) is 7.06. The second kappa shape index (κ2) is 5.53. The molecule has 0 amide bonds. The van der Waals surface area contributed by atoms with Crippen LogP contribution in [0.2, 0.25) is 5.02 Å². The number of halogens is 1. The van der Waals surface area contributed by atoms with E-state index in [0.29, 0.717) is 5.92 Å². The zero-order valence-electron chi connectivity index (χ0n) is 9.88. The SMILES string of the molecule is COC(C)Cc1cccc(C(C)C)c1Cl. The van der Waals surface area contributed by atoms with Gasteiger partial charge >= 0.3 is 0 Å². The van der Waals surface area contributed by atoms with Gasteiger partial charge in [0.1, 0.15) is 0 Å². The van der Waals surface area contributed by atoms with Crippen LogP contribution in [0.5, 0.6) is 0 Å². The van der Waals surface area contributed by atoms with Crippen LogP contribution < -0.4 is 0 Å². The standard InChI is InChI=1S/C13H19ClO/c1-9(2)12-7-5-6-11(13(12)14)8-10(3)15-4/h5-7,9-10H,8H2,1-4H3. The molecule has 2 heteroatoms. The molecule has 15 heavy (non-hydrogen) atoms. The summed E-state index contributed by atoms with van der Waals surface area (Å²) in [4.78, 5) is 0. The Bertz CT molecular complexity index is 320. The lowest BCUT2D eigenvalue weighted by Crippen LogP contribution is -2.09. The van der Waals surface area contributed by atoms with E-state index >= 15 is 0 Å². The summed E-state index contributed by atoms with van der Waals surface area (Å²) in [7, 11) is 1.73. The number of hydrogen-bond acceptors (Lipinski definition) is 1. The predicted molar refractivity (Wildman–Crippen MR) is 65.7 cm³/mol. The monoisotopic (exact) mass is 226 g/mol. The van der Waals surface area contributed by atoms with Gasteiger partial charge in [0.2, 0.25) is 0 Å². The summed E-state index contributed by atoms with van der Waals surface area (Å²) in [6.45, 7) is 6.37. The fourth-order valence-electron chi connectivity index (χ4n) is 1.60. The number of rotatable bonds is 4. The van der Waals surface area contributed by atoms with Crippen LogP contribution in [-0.2, 0) is 11.2 Å². The second-order valence-corrected chi connectivity index (χ2v) is 4.60. The Labute approximate surface area is 97.4 Å². The van der Waals surface area contributed by atoms with Gasteiger partial charge in [-0.1, -0.05) is 43.6 Å². The van der Waals surface area contributed by atoms with E-state index in [-0.39, 0.29) is 6.10 Å². The van der Waals surface area contributed by atoms with E-state index in [0.717, 1.165) is 11.4 Å². The third-order valence-corrected chi connectivity index (χ3v) is 3.10. The Hall–Kier alpha value is -0.530. The van der Waals surface area contributed by atoms with Gasteiger partial charge in [-0.15, -0.1) is 0 Å². The van der Waals surface area contributed by atoms with E-state index in [4.69, 9.17) is 16.3 Å². The molecule has 0 saturated heterocycles. The minimum Gasteiger partial charge on any atom is -0.381 e. The highest BCUT2D eigenvalue weighted by Crippen LogP contribution is 2.28. The van der Waals surface area contributed by atoms with Crippen molar-refractivity contribution in [1.82, 2.24) is 0 Å². The molecule has 0 bridgehead atoms. The molecule has 0 N–H and O–H groups in total. The van der Waals surface area contributed by atoms with Crippen LogP contribution in [0.4, 0.5) is 0 Å². The van der Waals surface area contributed by atoms with Crippen molar-refractivity contribution >= 4 is 11.6 Å². The maximum Gasteiger partial charge on any atom is 0.0584 e. The summed E-state index contributed by atoms with van der Waals surface area (Å²) in [5.74, 6) is 0.468. The van der Waals surface area contributed by atoms with Crippen LogP contribution in [0, 0.1) is 0 Å². The Morgan fingerprint density at radius 1 is 1.27 bits per heavy atom. The first kappa shape index (κ1) is 12.5. The molecule has 0 fully saturated rings. The van der Waals surface area contributed by atoms with Gasteiger partial charge in [0, 0.05) is 12.1 Å². The van der Waals surface area contributed by atoms with Crippen LogP contribution in [0.3, 0.4) is 0 Å². The smallest absolute Gasteiger partial charge is 0.0584 e. The Morgan fingerprint density at radius 3 is 2.47 bits per heavy atom. The van der Waals surface area contributed by atoms with Gasteiger partial charge in [-0.25, -0.2) is 0 Å². The fraction of sp³-hybridized carbons (Fsp3) is 0.538. The van der Waals surface area contributed by atoms with Crippen molar-refractivity contribution < 1.29 is 4.74 Å². The van der Waals surface area contributed by atoms with Crippen LogP contribution in [0.25, 0.3) is 0 Å². The molecule has 1 unspecified atom stereocenters. The van der Waals surface area contributed by atoms with E-state index in [1.807, 2.05) is 0 Å². The van der Waals surface area contributed by atoms with Crippen molar-refractivity contribution in [1.29, 1.82) is 0 Å². The number of methoxy groups -OCH3 is 1. The molecule has 0 aliphatic rings. The maximum atomic E-state index is 6.35. The largest absolute Gasteiger partial charge is 0.381 e. The molecule has 0 spiro atoms. The van der Waals surface area contributed by atoms with Gasteiger partial charge in [-0.05, 0) is 30.4 Å². The van der Waals surface area contributed by atoms with Crippen molar-refractivity contribution in [3.63, 3.8) is 0 Å². The summed E-state index contributed by atoms with van der Waals surface area (Å²) >= 11 is 6.35. The van der Waals surface area contributed by atoms with Crippen LogP contribution in [0.1, 0.15) is 37.8 Å². The average Bonchev–Trinajstić information content (AvgIpc) is 2.20. The number of benzene rings is 1. The van der Waals surface area contributed by atoms with Gasteiger partial charge in [0.25, 0.3) is 0 Å². The Morgan fingerprint density at radius 2 is 1.93 bits per heavy atom. The van der Waals surface area contributed by atoms with Gasteiger partial charge in [-0.3, -0.25) is 0 Å². The molecule has 0 heterocycles. The topological polar surface area (TPSA) is 9.23 Å². The third-order valence-electron chi connectivity index (χ3n) is 2.64. The quantitative estimate of drug-likeness (QED) is 0.753. The van der Waals surface area contributed by atoms with E-state index in [1.54, 1.807) is 7.11 Å². The normalized spacial score (nSPS) is 13.2. The lowest BCUT2D eigenvalue weighted by molar-refractivity contribution is 0.119. The minimum absolute atomic E-state index is 0.213. The van der Waals surface area contributed by atoms with E-state index in [2.05, 4.69) is 39.0 Å². The predicted octanol–water partition coefficient (Wildman–Crippen LogP) is 4.04. The maximum absolute atomic E-state index is 6.35. The summed E-state index contributed by atoms with van der Waals surface area (Å²) in [6, 6.07) is 6.23. The summed E-state index contributed by atoms with van der Waals surface area (Å²) in [5.41, 5.74) is 2.40. The molecule has 84 valence electrons. The molecule has 0 aromatic heterocycles. The number of ether oxygens (including phenoxy) is 1. The first-order valence-electron chi connectivity index (χ1n) is 5.36. The number of hydrogen-bond donors (Lipinski definition) is 0. The van der Waals surface area contributed by atoms with E-state index in [1.165, 1.54) is 11.1 Å². The summed E-state index contributed by atoms with van der Waals surface area (Å²) in [5, 5.41) is 0.899. The van der Waals surface area contributed by atoms with Gasteiger partial charge in [-0.2, -0.15) is 0 Å². The van der Waals surface area contributed by atoms with Crippen LogP contribution >= 0.6 is 11.6 Å². The van der Waals surface area contributed by atoms with Crippen LogP contribution in [-0.4, -0.2) is 13.2 Å². The highest BCUT2D eigenvalue weighted by atomic mass is 35.5. The Kier molecular flexibility index (Phi) is 4.62. The lowest BCUT2D eigenvalue weighted by Gasteiger charge is -2.14. The van der Waals surface area contributed by atoms with Crippen LogP contribution in [0.15, 0.2) is 18.2 Å². The van der Waals surface area contributed by atoms with Crippen molar-refractivity contribution in [3.8, 4) is 0 Å². The summed E-state index contributed by atoms with van der Waals surface area (Å²) < 4.78 is 5.25. The van der Waals surface area contributed by atoms with Crippen molar-refractivity contribution in [2.45, 2.75) is 39.2 Å². The summed E-state index contributed by atoms with van der Waals surface area (Å²) in [6.07, 6.45) is 1.08. The minimum atomic E-state index is 0.213. The van der Waals surface area contributed by atoms with Crippen molar-refractivity contribution in [2.75, 3.05) is 7.11 Å². The third kappa shape index (κ3) is 3.22. The second-order valence-electron chi connectivity index (χ2n) is 4.23. The first-order valence-corrected chi connectivity index (χ1v) is 5.74. The molecule has 0 aliphatic heterocycles. The van der Waals surface area contributed by atoms with E-state index in [9.17, 15) is 0 Å². The zero-order chi connectivity index (χ0) is 11.4. The van der Waals surface area contributed by atoms with Gasteiger partial charge < -0.3 is 4.74 Å². The molecule has 1 aromatic rings. The lowest BCUT2D eigenvalue weighted by atomic mass is 9.98. The molecular formula is C13H19ClO. The fourth-order valence-corrected chi connectivity index (χ4v) is 2.02. The highest BCUT2D eigenvalue weighted by Gasteiger charge is 2.11. The van der Waals surface area contributed by atoms with E-state index < -0.39 is 0 Å². The van der Waals surface area contributed by atoms with Gasteiger partial charge in [0.05, 0.1) is 6.10 Å². The molecule has 1 nitrogen and oxygen atoms in total. The molecule has 0 saturated carbocycles. The Balaban J connectivity index is 2.94. The molecule has 1 aromatic carbocycles. The molecule has 1 rings (SSSR count). The molecular weight excluding hydrogens is 208 g/mol.